The molecule has 0 radical (unpaired) electrons. The Hall–Kier alpha value is -1.81. The van der Waals surface area contributed by atoms with E-state index >= 15 is 0 Å². The van der Waals surface area contributed by atoms with Gasteiger partial charge >= 0.3 is 5.97 Å². The summed E-state index contributed by atoms with van der Waals surface area (Å²) in [6.45, 7) is 6.77. The Morgan fingerprint density at radius 3 is 2.07 bits per heavy atom. The fourth-order valence-electron chi connectivity index (χ4n) is 2.42. The van der Waals surface area contributed by atoms with E-state index in [1.807, 2.05) is 20.1 Å². The van der Waals surface area contributed by atoms with Crippen molar-refractivity contribution in [1.29, 1.82) is 0 Å². The molecule has 0 saturated heterocycles. The summed E-state index contributed by atoms with van der Waals surface area (Å²) in [5.41, 5.74) is 5.87. The number of carbonyl (C=O) groups excluding carboxylic acids is 3. The summed E-state index contributed by atoms with van der Waals surface area (Å²) < 4.78 is 0. The van der Waals surface area contributed by atoms with Crippen molar-refractivity contribution >= 4 is 35.5 Å². The topological polar surface area (TPSA) is 151 Å². The van der Waals surface area contributed by atoms with Gasteiger partial charge in [0.05, 0.1) is 6.04 Å². The van der Waals surface area contributed by atoms with Crippen LogP contribution in [-0.4, -0.2) is 65.5 Å². The van der Waals surface area contributed by atoms with Crippen molar-refractivity contribution in [1.82, 2.24) is 16.0 Å². The van der Waals surface area contributed by atoms with Crippen molar-refractivity contribution in [2.24, 2.45) is 17.6 Å². The molecule has 3 atom stereocenters. The maximum atomic E-state index is 12.7. The highest BCUT2D eigenvalue weighted by Gasteiger charge is 2.30. The summed E-state index contributed by atoms with van der Waals surface area (Å²) in [5, 5.41) is 16.3. The van der Waals surface area contributed by atoms with Crippen molar-refractivity contribution < 1.29 is 24.3 Å². The molecule has 3 unspecified atom stereocenters. The van der Waals surface area contributed by atoms with E-state index in [0.29, 0.717) is 12.8 Å². The molecule has 6 N–H and O–H groups in total. The monoisotopic (exact) mass is 418 g/mol. The van der Waals surface area contributed by atoms with Gasteiger partial charge in [-0.15, -0.1) is 0 Å². The van der Waals surface area contributed by atoms with Crippen molar-refractivity contribution in [2.75, 3.05) is 18.6 Å². The highest BCUT2D eigenvalue weighted by atomic mass is 32.2. The molecule has 0 aromatic rings. The highest BCUT2D eigenvalue weighted by Crippen LogP contribution is 2.09. The molecule has 3 amide bonds. The third kappa shape index (κ3) is 10.5. The molecule has 0 spiro atoms. The lowest BCUT2D eigenvalue weighted by Gasteiger charge is -2.26. The zero-order valence-corrected chi connectivity index (χ0v) is 18.1. The van der Waals surface area contributed by atoms with Crippen LogP contribution < -0.4 is 21.7 Å². The number of carboxylic acid groups (broad SMARTS) is 1. The molecular formula is C18H34N4O5S. The third-order valence-electron chi connectivity index (χ3n) is 3.97. The molecular weight excluding hydrogens is 384 g/mol. The van der Waals surface area contributed by atoms with E-state index in [-0.39, 0.29) is 11.8 Å². The minimum absolute atomic E-state index is 0.122. The van der Waals surface area contributed by atoms with Gasteiger partial charge in [-0.3, -0.25) is 19.2 Å². The molecule has 0 saturated carbocycles. The van der Waals surface area contributed by atoms with Crippen LogP contribution in [0.1, 0.15) is 40.5 Å². The van der Waals surface area contributed by atoms with Crippen LogP contribution in [0, 0.1) is 11.8 Å². The number of carbonyl (C=O) groups is 4. The van der Waals surface area contributed by atoms with Crippen LogP contribution in [0.4, 0.5) is 0 Å². The Balaban J connectivity index is 5.12. The van der Waals surface area contributed by atoms with Crippen molar-refractivity contribution in [3.05, 3.63) is 0 Å². The second-order valence-corrected chi connectivity index (χ2v) is 8.41. The zero-order valence-electron chi connectivity index (χ0n) is 17.3. The second kappa shape index (κ2) is 13.4. The Morgan fingerprint density at radius 1 is 1.00 bits per heavy atom. The van der Waals surface area contributed by atoms with Gasteiger partial charge in [-0.1, -0.05) is 27.7 Å². The highest BCUT2D eigenvalue weighted by molar-refractivity contribution is 7.98. The van der Waals surface area contributed by atoms with E-state index in [4.69, 9.17) is 10.8 Å². The smallest absolute Gasteiger partial charge is 0.322 e. The minimum Gasteiger partial charge on any atom is -0.480 e. The fourth-order valence-corrected chi connectivity index (χ4v) is 2.91. The molecule has 28 heavy (non-hydrogen) atoms. The number of rotatable bonds is 13. The van der Waals surface area contributed by atoms with E-state index in [1.165, 1.54) is 0 Å². The Morgan fingerprint density at radius 2 is 1.61 bits per heavy atom. The van der Waals surface area contributed by atoms with Gasteiger partial charge in [0.2, 0.25) is 17.7 Å². The second-order valence-electron chi connectivity index (χ2n) is 7.42. The summed E-state index contributed by atoms with van der Waals surface area (Å²) in [5.74, 6) is -2.08. The van der Waals surface area contributed by atoms with Gasteiger partial charge < -0.3 is 26.8 Å². The van der Waals surface area contributed by atoms with Gasteiger partial charge in [-0.05, 0) is 36.7 Å². The zero-order chi connectivity index (χ0) is 21.9. The molecule has 162 valence electrons. The molecule has 0 heterocycles. The number of aliphatic carboxylic acids is 1. The summed E-state index contributed by atoms with van der Waals surface area (Å²) >= 11 is 1.58. The van der Waals surface area contributed by atoms with E-state index in [1.54, 1.807) is 25.6 Å². The molecule has 0 bridgehead atoms. The molecule has 0 aromatic heterocycles. The predicted molar refractivity (Wildman–Crippen MR) is 110 cm³/mol. The van der Waals surface area contributed by atoms with Crippen LogP contribution >= 0.6 is 11.8 Å². The Labute approximate surface area is 170 Å². The predicted octanol–water partition coefficient (Wildman–Crippen LogP) is -0.0607. The van der Waals surface area contributed by atoms with Gasteiger partial charge in [-0.2, -0.15) is 11.8 Å². The van der Waals surface area contributed by atoms with Crippen molar-refractivity contribution in [3.8, 4) is 0 Å². The van der Waals surface area contributed by atoms with Crippen LogP contribution in [-0.2, 0) is 19.2 Å². The standard InChI is InChI=1S/C18H34N4O5S/c1-10(2)8-13(21-16(25)12(19)6-7-28-5)17(26)22-15(11(3)4)18(27)20-9-14(23)24/h10-13,15H,6-9,19H2,1-5H3,(H,20,27)(H,21,25)(H,22,26)(H,23,24). The van der Waals surface area contributed by atoms with Gasteiger partial charge in [-0.25, -0.2) is 0 Å². The molecule has 9 nitrogen and oxygen atoms in total. The summed E-state index contributed by atoms with van der Waals surface area (Å²) in [6.07, 6.45) is 2.80. The molecule has 10 heteroatoms. The molecule has 0 rings (SSSR count). The largest absolute Gasteiger partial charge is 0.480 e. The first-order valence-electron chi connectivity index (χ1n) is 9.34. The van der Waals surface area contributed by atoms with Gasteiger partial charge in [0.25, 0.3) is 0 Å². The van der Waals surface area contributed by atoms with E-state index < -0.39 is 48.4 Å². The lowest BCUT2D eigenvalue weighted by Crippen LogP contribution is -2.57. The molecule has 0 aliphatic carbocycles. The van der Waals surface area contributed by atoms with E-state index in [0.717, 1.165) is 5.75 Å². The Bertz CT molecular complexity index is 542. The number of nitrogens with one attached hydrogen (secondary N) is 3. The third-order valence-corrected chi connectivity index (χ3v) is 4.61. The number of hydrogen-bond donors (Lipinski definition) is 5. The first kappa shape index (κ1) is 26.2. The number of amides is 3. The number of hydrogen-bond acceptors (Lipinski definition) is 6. The average Bonchev–Trinajstić information content (AvgIpc) is 2.60. The maximum absolute atomic E-state index is 12.7. The van der Waals surface area contributed by atoms with Crippen molar-refractivity contribution in [3.63, 3.8) is 0 Å². The van der Waals surface area contributed by atoms with Crippen LogP contribution in [0.25, 0.3) is 0 Å². The first-order chi connectivity index (χ1) is 13.0. The quantitative estimate of drug-likeness (QED) is 0.281. The first-order valence-corrected chi connectivity index (χ1v) is 10.7. The summed E-state index contributed by atoms with van der Waals surface area (Å²) in [6, 6.07) is -2.46. The van der Waals surface area contributed by atoms with Gasteiger partial charge in [0.1, 0.15) is 18.6 Å². The molecule has 0 aliphatic heterocycles. The van der Waals surface area contributed by atoms with Crippen LogP contribution in [0.15, 0.2) is 0 Å². The summed E-state index contributed by atoms with van der Waals surface area (Å²) in [4.78, 5) is 47.9. The molecule has 0 fully saturated rings. The molecule has 0 aliphatic rings. The normalized spacial score (nSPS) is 14.3. The lowest BCUT2D eigenvalue weighted by atomic mass is 9.99. The lowest BCUT2D eigenvalue weighted by molar-refractivity contribution is -0.139. The van der Waals surface area contributed by atoms with E-state index in [2.05, 4.69) is 16.0 Å². The number of carboxylic acids is 1. The van der Waals surface area contributed by atoms with Gasteiger partial charge in [0.15, 0.2) is 0 Å². The van der Waals surface area contributed by atoms with Crippen molar-refractivity contribution in [2.45, 2.75) is 58.7 Å². The average molecular weight is 419 g/mol. The minimum atomic E-state index is -1.17. The van der Waals surface area contributed by atoms with Gasteiger partial charge in [0, 0.05) is 0 Å². The SMILES string of the molecule is CSCCC(N)C(=O)NC(CC(C)C)C(=O)NC(C(=O)NCC(=O)O)C(C)C. The number of nitrogens with two attached hydrogens (primary N) is 1. The molecule has 0 aromatic carbocycles. The van der Waals surface area contributed by atoms with Crippen LogP contribution in [0.3, 0.4) is 0 Å². The Kier molecular flexibility index (Phi) is 12.5. The maximum Gasteiger partial charge on any atom is 0.322 e. The summed E-state index contributed by atoms with van der Waals surface area (Å²) in [7, 11) is 0. The van der Waals surface area contributed by atoms with Crippen LogP contribution in [0.5, 0.6) is 0 Å². The number of thioether (sulfide) groups is 1. The van der Waals surface area contributed by atoms with E-state index in [9.17, 15) is 19.2 Å². The fraction of sp³-hybridized carbons (Fsp3) is 0.778. The van der Waals surface area contributed by atoms with Crippen LogP contribution in [0.2, 0.25) is 0 Å².